The summed E-state index contributed by atoms with van der Waals surface area (Å²) in [4.78, 5) is 10.8. The predicted molar refractivity (Wildman–Crippen MR) is 49.3 cm³/mol. The van der Waals surface area contributed by atoms with Crippen LogP contribution in [0.4, 0.5) is 0 Å². The molecule has 0 spiro atoms. The first-order valence-electron chi connectivity index (χ1n) is 4.60. The zero-order valence-corrected chi connectivity index (χ0v) is 8.16. The van der Waals surface area contributed by atoms with Crippen molar-refractivity contribution in [1.82, 2.24) is 0 Å². The van der Waals surface area contributed by atoms with Crippen LogP contribution in [0.3, 0.4) is 0 Å². The Morgan fingerprint density at radius 3 is 2.92 bits per heavy atom. The summed E-state index contributed by atoms with van der Waals surface area (Å²) in [6.45, 7) is 7.24. The van der Waals surface area contributed by atoms with Gasteiger partial charge in [-0.1, -0.05) is 6.58 Å². The van der Waals surface area contributed by atoms with Crippen LogP contribution < -0.4 is 0 Å². The van der Waals surface area contributed by atoms with Crippen LogP contribution in [0.2, 0.25) is 0 Å². The standard InChI is InChI=1S/C10H16O3/c1-4-10(11)13-8(3)6-9-5-7(2)12-9/h4,7-9H,1,5-6H2,2-3H3. The third-order valence-corrected chi connectivity index (χ3v) is 2.10. The first-order chi connectivity index (χ1) is 6.11. The highest BCUT2D eigenvalue weighted by molar-refractivity contribution is 5.81. The minimum Gasteiger partial charge on any atom is -0.459 e. The fourth-order valence-electron chi connectivity index (χ4n) is 1.50. The van der Waals surface area contributed by atoms with Crippen LogP contribution in [0.15, 0.2) is 12.7 Å². The average molecular weight is 184 g/mol. The lowest BCUT2D eigenvalue weighted by Gasteiger charge is -2.34. The van der Waals surface area contributed by atoms with Crippen molar-refractivity contribution in [2.24, 2.45) is 0 Å². The molecule has 13 heavy (non-hydrogen) atoms. The van der Waals surface area contributed by atoms with Gasteiger partial charge in [0.15, 0.2) is 0 Å². The summed E-state index contributed by atoms with van der Waals surface area (Å²) in [5.41, 5.74) is 0. The molecular formula is C10H16O3. The van der Waals surface area contributed by atoms with E-state index in [4.69, 9.17) is 9.47 Å². The van der Waals surface area contributed by atoms with Crippen LogP contribution in [0.5, 0.6) is 0 Å². The highest BCUT2D eigenvalue weighted by Crippen LogP contribution is 2.24. The third-order valence-electron chi connectivity index (χ3n) is 2.10. The van der Waals surface area contributed by atoms with Crippen molar-refractivity contribution in [3.63, 3.8) is 0 Å². The molecule has 0 aromatic carbocycles. The lowest BCUT2D eigenvalue weighted by molar-refractivity contribution is -0.152. The van der Waals surface area contributed by atoms with E-state index in [1.54, 1.807) is 0 Å². The van der Waals surface area contributed by atoms with E-state index in [-0.39, 0.29) is 18.2 Å². The number of carbonyl (C=O) groups excluding carboxylic acids is 1. The van der Waals surface area contributed by atoms with Crippen LogP contribution in [0.25, 0.3) is 0 Å². The molecule has 1 rings (SSSR count). The van der Waals surface area contributed by atoms with Gasteiger partial charge >= 0.3 is 5.97 Å². The molecule has 0 aliphatic carbocycles. The summed E-state index contributed by atoms with van der Waals surface area (Å²) >= 11 is 0. The van der Waals surface area contributed by atoms with Crippen molar-refractivity contribution in [1.29, 1.82) is 0 Å². The quantitative estimate of drug-likeness (QED) is 0.492. The molecule has 0 bridgehead atoms. The summed E-state index contributed by atoms with van der Waals surface area (Å²) in [6, 6.07) is 0. The van der Waals surface area contributed by atoms with E-state index in [2.05, 4.69) is 6.58 Å². The molecule has 3 nitrogen and oxygen atoms in total. The number of ether oxygens (including phenoxy) is 2. The number of carbonyl (C=O) groups is 1. The summed E-state index contributed by atoms with van der Waals surface area (Å²) in [6.07, 6.45) is 3.58. The lowest BCUT2D eigenvalue weighted by Crippen LogP contribution is -2.37. The molecule has 0 N–H and O–H groups in total. The molecule has 1 fully saturated rings. The van der Waals surface area contributed by atoms with Crippen molar-refractivity contribution in [2.45, 2.75) is 45.0 Å². The minimum atomic E-state index is -0.361. The van der Waals surface area contributed by atoms with Gasteiger partial charge in [-0.25, -0.2) is 4.79 Å². The van der Waals surface area contributed by atoms with Crippen LogP contribution in [-0.4, -0.2) is 24.3 Å². The molecule has 3 unspecified atom stereocenters. The zero-order chi connectivity index (χ0) is 9.84. The molecule has 0 aromatic rings. The Morgan fingerprint density at radius 1 is 1.85 bits per heavy atom. The van der Waals surface area contributed by atoms with Gasteiger partial charge in [0.2, 0.25) is 0 Å². The van der Waals surface area contributed by atoms with E-state index >= 15 is 0 Å². The Morgan fingerprint density at radius 2 is 2.46 bits per heavy atom. The highest BCUT2D eigenvalue weighted by Gasteiger charge is 2.28. The molecule has 1 saturated heterocycles. The Bertz CT molecular complexity index is 194. The molecule has 1 aliphatic rings. The third kappa shape index (κ3) is 3.19. The molecule has 74 valence electrons. The van der Waals surface area contributed by atoms with E-state index in [9.17, 15) is 4.79 Å². The second kappa shape index (κ2) is 4.42. The van der Waals surface area contributed by atoms with Crippen molar-refractivity contribution >= 4 is 5.97 Å². The van der Waals surface area contributed by atoms with Crippen molar-refractivity contribution in [3.05, 3.63) is 12.7 Å². The van der Waals surface area contributed by atoms with Crippen LogP contribution in [0, 0.1) is 0 Å². The summed E-state index contributed by atoms with van der Waals surface area (Å²) in [5.74, 6) is -0.361. The van der Waals surface area contributed by atoms with Gasteiger partial charge in [0.1, 0.15) is 6.10 Å². The molecule has 3 heteroatoms. The molecule has 0 saturated carbocycles. The monoisotopic (exact) mass is 184 g/mol. The Labute approximate surface area is 78.7 Å². The van der Waals surface area contributed by atoms with Gasteiger partial charge < -0.3 is 9.47 Å². The first-order valence-corrected chi connectivity index (χ1v) is 4.60. The fourth-order valence-corrected chi connectivity index (χ4v) is 1.50. The molecular weight excluding hydrogens is 168 g/mol. The summed E-state index contributed by atoms with van der Waals surface area (Å²) in [5, 5.41) is 0. The van der Waals surface area contributed by atoms with Gasteiger partial charge in [0.25, 0.3) is 0 Å². The van der Waals surface area contributed by atoms with Gasteiger partial charge in [-0.2, -0.15) is 0 Å². The molecule has 1 aliphatic heterocycles. The predicted octanol–water partition coefficient (Wildman–Crippen LogP) is 1.67. The Balaban J connectivity index is 2.14. The number of hydrogen-bond donors (Lipinski definition) is 0. The van der Waals surface area contributed by atoms with Crippen LogP contribution in [-0.2, 0) is 14.3 Å². The molecule has 1 heterocycles. The maximum atomic E-state index is 10.8. The second-order valence-electron chi connectivity index (χ2n) is 3.49. The van der Waals surface area contributed by atoms with Gasteiger partial charge in [0, 0.05) is 12.5 Å². The maximum Gasteiger partial charge on any atom is 0.330 e. The molecule has 0 amide bonds. The smallest absolute Gasteiger partial charge is 0.330 e. The van der Waals surface area contributed by atoms with Crippen LogP contribution >= 0.6 is 0 Å². The highest BCUT2D eigenvalue weighted by atomic mass is 16.5. The average Bonchev–Trinajstić information content (AvgIpc) is 2.01. The lowest BCUT2D eigenvalue weighted by atomic mass is 10.0. The fraction of sp³-hybridized carbons (Fsp3) is 0.700. The number of esters is 1. The number of hydrogen-bond acceptors (Lipinski definition) is 3. The zero-order valence-electron chi connectivity index (χ0n) is 8.16. The van der Waals surface area contributed by atoms with Crippen molar-refractivity contribution < 1.29 is 14.3 Å². The van der Waals surface area contributed by atoms with Crippen molar-refractivity contribution in [3.8, 4) is 0 Å². The maximum absolute atomic E-state index is 10.8. The first kappa shape index (κ1) is 10.3. The summed E-state index contributed by atoms with van der Waals surface area (Å²) in [7, 11) is 0. The second-order valence-corrected chi connectivity index (χ2v) is 3.49. The summed E-state index contributed by atoms with van der Waals surface area (Å²) < 4.78 is 10.4. The molecule has 3 atom stereocenters. The topological polar surface area (TPSA) is 35.5 Å². The van der Waals surface area contributed by atoms with E-state index < -0.39 is 0 Å². The van der Waals surface area contributed by atoms with Crippen molar-refractivity contribution in [2.75, 3.05) is 0 Å². The Hall–Kier alpha value is -0.830. The van der Waals surface area contributed by atoms with Gasteiger partial charge in [-0.15, -0.1) is 0 Å². The van der Waals surface area contributed by atoms with Gasteiger partial charge in [0.05, 0.1) is 12.2 Å². The van der Waals surface area contributed by atoms with E-state index in [1.165, 1.54) is 6.08 Å². The van der Waals surface area contributed by atoms with Gasteiger partial charge in [-0.3, -0.25) is 0 Å². The molecule has 0 radical (unpaired) electrons. The van der Waals surface area contributed by atoms with E-state index in [0.717, 1.165) is 12.8 Å². The number of rotatable bonds is 4. The minimum absolute atomic E-state index is 0.0806. The van der Waals surface area contributed by atoms with Crippen LogP contribution in [0.1, 0.15) is 26.7 Å². The molecule has 0 aromatic heterocycles. The Kier molecular flexibility index (Phi) is 3.48. The van der Waals surface area contributed by atoms with E-state index in [0.29, 0.717) is 6.10 Å². The van der Waals surface area contributed by atoms with E-state index in [1.807, 2.05) is 13.8 Å². The normalized spacial score (nSPS) is 28.8. The largest absolute Gasteiger partial charge is 0.459 e. The SMILES string of the molecule is C=CC(=O)OC(C)CC1CC(C)O1. The van der Waals surface area contributed by atoms with Gasteiger partial charge in [-0.05, 0) is 20.3 Å².